The quantitative estimate of drug-likeness (QED) is 0.824. The fraction of sp³-hybridized carbons (Fsp3) is 0.429. The molecule has 1 amide bonds. The van der Waals surface area contributed by atoms with Crippen molar-refractivity contribution in [2.75, 3.05) is 25.6 Å². The molecule has 1 saturated heterocycles. The normalized spacial score (nSPS) is 17.6. The molecular formula is C14H17NO5. The molecule has 0 spiro atoms. The van der Waals surface area contributed by atoms with Crippen molar-refractivity contribution in [2.24, 2.45) is 0 Å². The van der Waals surface area contributed by atoms with E-state index in [1.165, 1.54) is 0 Å². The molecule has 0 aliphatic carbocycles. The Bertz CT molecular complexity index is 465. The average Bonchev–Trinajstić information content (AvgIpc) is 3.00. The molecule has 0 aromatic heterocycles. The van der Waals surface area contributed by atoms with E-state index in [-0.39, 0.29) is 12.5 Å². The van der Waals surface area contributed by atoms with E-state index in [1.807, 2.05) is 0 Å². The molecule has 0 radical (unpaired) electrons. The summed E-state index contributed by atoms with van der Waals surface area (Å²) in [5, 5.41) is 2.63. The van der Waals surface area contributed by atoms with E-state index in [9.17, 15) is 9.59 Å². The zero-order valence-electron chi connectivity index (χ0n) is 11.3. The van der Waals surface area contributed by atoms with Gasteiger partial charge in [-0.3, -0.25) is 4.79 Å². The van der Waals surface area contributed by atoms with Gasteiger partial charge in [-0.1, -0.05) is 0 Å². The number of hydrogen-bond donors (Lipinski definition) is 1. The molecule has 1 aliphatic heterocycles. The fourth-order valence-electron chi connectivity index (χ4n) is 1.86. The lowest BCUT2D eigenvalue weighted by Crippen LogP contribution is -2.27. The van der Waals surface area contributed by atoms with Gasteiger partial charge in [-0.05, 0) is 37.1 Å². The highest BCUT2D eigenvalue weighted by Gasteiger charge is 2.25. The van der Waals surface area contributed by atoms with Gasteiger partial charge in [-0.15, -0.1) is 0 Å². The molecule has 1 aromatic carbocycles. The molecule has 1 heterocycles. The van der Waals surface area contributed by atoms with Gasteiger partial charge in [0.25, 0.3) is 5.91 Å². The Morgan fingerprint density at radius 3 is 2.70 bits per heavy atom. The van der Waals surface area contributed by atoms with Crippen LogP contribution in [0.1, 0.15) is 12.8 Å². The molecule has 108 valence electrons. The first-order chi connectivity index (χ1) is 9.69. The molecule has 2 rings (SSSR count). The highest BCUT2D eigenvalue weighted by atomic mass is 16.6. The smallest absolute Gasteiger partial charge is 0.335 e. The molecule has 1 aromatic rings. The molecule has 0 bridgehead atoms. The third-order valence-corrected chi connectivity index (χ3v) is 2.91. The lowest BCUT2D eigenvalue weighted by atomic mass is 10.2. The molecule has 0 saturated carbocycles. The molecule has 6 nitrogen and oxygen atoms in total. The van der Waals surface area contributed by atoms with Gasteiger partial charge >= 0.3 is 5.97 Å². The van der Waals surface area contributed by atoms with Crippen LogP contribution in [0.25, 0.3) is 0 Å². The molecule has 6 heteroatoms. The largest absolute Gasteiger partial charge is 0.497 e. The second-order valence-corrected chi connectivity index (χ2v) is 4.39. The number of esters is 1. The molecule has 0 unspecified atom stereocenters. The number of nitrogens with one attached hydrogen (secondary N) is 1. The van der Waals surface area contributed by atoms with Gasteiger partial charge in [0.1, 0.15) is 5.75 Å². The van der Waals surface area contributed by atoms with E-state index in [0.29, 0.717) is 24.5 Å². The molecule has 1 atom stereocenters. The minimum atomic E-state index is -0.524. The van der Waals surface area contributed by atoms with Gasteiger partial charge in [-0.25, -0.2) is 4.79 Å². The Hall–Kier alpha value is -2.08. The average molecular weight is 279 g/mol. The second kappa shape index (κ2) is 6.91. The summed E-state index contributed by atoms with van der Waals surface area (Å²) >= 11 is 0. The number of rotatable bonds is 5. The summed E-state index contributed by atoms with van der Waals surface area (Å²) in [6.45, 7) is 0.253. The third-order valence-electron chi connectivity index (χ3n) is 2.91. The fourth-order valence-corrected chi connectivity index (χ4v) is 1.86. The van der Waals surface area contributed by atoms with Crippen molar-refractivity contribution in [1.82, 2.24) is 0 Å². The van der Waals surface area contributed by atoms with Crippen molar-refractivity contribution in [3.8, 4) is 5.75 Å². The highest BCUT2D eigenvalue weighted by Crippen LogP contribution is 2.15. The van der Waals surface area contributed by atoms with Crippen molar-refractivity contribution in [3.63, 3.8) is 0 Å². The first-order valence-corrected chi connectivity index (χ1v) is 6.41. The molecule has 20 heavy (non-hydrogen) atoms. The van der Waals surface area contributed by atoms with Crippen molar-refractivity contribution in [1.29, 1.82) is 0 Å². The van der Waals surface area contributed by atoms with E-state index < -0.39 is 12.1 Å². The molecule has 1 aliphatic rings. The summed E-state index contributed by atoms with van der Waals surface area (Å²) in [6.07, 6.45) is 0.972. The molecule has 1 fully saturated rings. The lowest BCUT2D eigenvalue weighted by Gasteiger charge is -2.10. The van der Waals surface area contributed by atoms with Gasteiger partial charge in [0.15, 0.2) is 12.7 Å². The topological polar surface area (TPSA) is 73.9 Å². The first-order valence-electron chi connectivity index (χ1n) is 6.41. The maximum atomic E-state index is 11.6. The Labute approximate surface area is 117 Å². The van der Waals surface area contributed by atoms with E-state index in [0.717, 1.165) is 6.42 Å². The monoisotopic (exact) mass is 279 g/mol. The number of methoxy groups -OCH3 is 1. The minimum Gasteiger partial charge on any atom is -0.497 e. The van der Waals surface area contributed by atoms with Crippen LogP contribution in [-0.2, 0) is 19.1 Å². The number of benzene rings is 1. The van der Waals surface area contributed by atoms with E-state index in [4.69, 9.17) is 14.2 Å². The Morgan fingerprint density at radius 2 is 2.10 bits per heavy atom. The summed E-state index contributed by atoms with van der Waals surface area (Å²) in [7, 11) is 1.57. The predicted octanol–water partition coefficient (Wildman–Crippen LogP) is 1.36. The number of hydrogen-bond acceptors (Lipinski definition) is 5. The van der Waals surface area contributed by atoms with Gasteiger partial charge in [0, 0.05) is 12.3 Å². The summed E-state index contributed by atoms with van der Waals surface area (Å²) < 4.78 is 15.1. The zero-order chi connectivity index (χ0) is 14.4. The first kappa shape index (κ1) is 14.3. The van der Waals surface area contributed by atoms with E-state index in [2.05, 4.69) is 5.32 Å². The lowest BCUT2D eigenvalue weighted by molar-refractivity contribution is -0.156. The standard InChI is InChI=1S/C14H17NO5/c1-18-11-6-4-10(5-7-11)15-13(16)9-20-14(17)12-3-2-8-19-12/h4-7,12H,2-3,8-9H2,1H3,(H,15,16)/t12-/m0/s1. The number of carbonyl (C=O) groups excluding carboxylic acids is 2. The Morgan fingerprint density at radius 1 is 1.35 bits per heavy atom. The molecule has 1 N–H and O–H groups in total. The predicted molar refractivity (Wildman–Crippen MR) is 71.6 cm³/mol. The van der Waals surface area contributed by atoms with Crippen LogP contribution in [0.2, 0.25) is 0 Å². The highest BCUT2D eigenvalue weighted by molar-refractivity contribution is 5.93. The van der Waals surface area contributed by atoms with Crippen LogP contribution in [0, 0.1) is 0 Å². The van der Waals surface area contributed by atoms with Crippen LogP contribution in [0.15, 0.2) is 24.3 Å². The van der Waals surface area contributed by atoms with E-state index >= 15 is 0 Å². The van der Waals surface area contributed by atoms with Crippen molar-refractivity contribution < 1.29 is 23.8 Å². The van der Waals surface area contributed by atoms with Gasteiger partial charge < -0.3 is 19.5 Å². The van der Waals surface area contributed by atoms with Crippen LogP contribution in [-0.4, -0.2) is 38.3 Å². The number of carbonyl (C=O) groups is 2. The molecular weight excluding hydrogens is 262 g/mol. The van der Waals surface area contributed by atoms with Crippen molar-refractivity contribution in [2.45, 2.75) is 18.9 Å². The summed E-state index contributed by atoms with van der Waals surface area (Å²) in [5.74, 6) is -0.165. The zero-order valence-corrected chi connectivity index (χ0v) is 11.3. The maximum absolute atomic E-state index is 11.6. The minimum absolute atomic E-state index is 0.315. The van der Waals surface area contributed by atoms with Crippen molar-refractivity contribution in [3.05, 3.63) is 24.3 Å². The maximum Gasteiger partial charge on any atom is 0.335 e. The van der Waals surface area contributed by atoms with Crippen LogP contribution in [0.5, 0.6) is 5.75 Å². The number of ether oxygens (including phenoxy) is 3. The Balaban J connectivity index is 1.75. The number of amides is 1. The van der Waals surface area contributed by atoms with Gasteiger partial charge in [0.05, 0.1) is 7.11 Å². The van der Waals surface area contributed by atoms with Crippen LogP contribution < -0.4 is 10.1 Å². The van der Waals surface area contributed by atoms with Gasteiger partial charge in [-0.2, -0.15) is 0 Å². The summed E-state index contributed by atoms with van der Waals surface area (Å²) in [5.41, 5.74) is 0.615. The van der Waals surface area contributed by atoms with Crippen molar-refractivity contribution >= 4 is 17.6 Å². The summed E-state index contributed by atoms with van der Waals surface area (Å²) in [4.78, 5) is 23.2. The SMILES string of the molecule is COc1ccc(NC(=O)COC(=O)[C@@H]2CCCO2)cc1. The number of anilines is 1. The second-order valence-electron chi connectivity index (χ2n) is 4.39. The van der Waals surface area contributed by atoms with E-state index in [1.54, 1.807) is 31.4 Å². The van der Waals surface area contributed by atoms with Crippen LogP contribution in [0.3, 0.4) is 0 Å². The van der Waals surface area contributed by atoms with Crippen LogP contribution in [0.4, 0.5) is 5.69 Å². The third kappa shape index (κ3) is 3.96. The summed E-state index contributed by atoms with van der Waals surface area (Å²) in [6, 6.07) is 6.87. The van der Waals surface area contributed by atoms with Gasteiger partial charge in [0.2, 0.25) is 0 Å². The van der Waals surface area contributed by atoms with Crippen LogP contribution >= 0.6 is 0 Å². The Kier molecular flexibility index (Phi) is 4.95.